The lowest BCUT2D eigenvalue weighted by Gasteiger charge is -2.52. The van der Waals surface area contributed by atoms with Gasteiger partial charge in [-0.3, -0.25) is 19.7 Å². The number of fused-ring (bicyclic) bond motifs is 1. The van der Waals surface area contributed by atoms with Crippen molar-refractivity contribution in [2.45, 2.75) is 50.9 Å². The topological polar surface area (TPSA) is 99.8 Å². The Kier molecular flexibility index (Phi) is 5.08. The van der Waals surface area contributed by atoms with E-state index in [0.717, 1.165) is 50.3 Å². The van der Waals surface area contributed by atoms with E-state index >= 15 is 0 Å². The summed E-state index contributed by atoms with van der Waals surface area (Å²) in [5, 5.41) is 9.43. The third-order valence-electron chi connectivity index (χ3n) is 7.20. The number of nitrogens with zero attached hydrogens (tertiary/aromatic N) is 1. The fourth-order valence-corrected chi connectivity index (χ4v) is 5.20. The summed E-state index contributed by atoms with van der Waals surface area (Å²) in [4.78, 5) is 38.1. The van der Waals surface area contributed by atoms with Gasteiger partial charge in [0.1, 0.15) is 6.04 Å². The van der Waals surface area contributed by atoms with Crippen molar-refractivity contribution in [1.29, 1.82) is 0 Å². The van der Waals surface area contributed by atoms with Crippen LogP contribution in [0, 0.1) is 5.41 Å². The number of carbonyl (C=O) groups excluding carboxylic acids is 3. The van der Waals surface area contributed by atoms with E-state index in [1.165, 1.54) is 0 Å². The zero-order valence-electron chi connectivity index (χ0n) is 17.0. The van der Waals surface area contributed by atoms with Gasteiger partial charge >= 0.3 is 0 Å². The highest BCUT2D eigenvalue weighted by atomic mass is 16.5. The van der Waals surface area contributed by atoms with Crippen LogP contribution in [0.3, 0.4) is 0 Å². The van der Waals surface area contributed by atoms with Crippen LogP contribution in [0.4, 0.5) is 0 Å². The molecule has 0 aromatic heterocycles. The van der Waals surface area contributed by atoms with Crippen molar-refractivity contribution < 1.29 is 19.1 Å². The van der Waals surface area contributed by atoms with E-state index < -0.39 is 6.04 Å². The van der Waals surface area contributed by atoms with Crippen molar-refractivity contribution in [3.05, 3.63) is 34.9 Å². The van der Waals surface area contributed by atoms with Crippen molar-refractivity contribution >= 4 is 17.7 Å². The van der Waals surface area contributed by atoms with Gasteiger partial charge in [0, 0.05) is 62.8 Å². The molecule has 0 saturated carbocycles. The van der Waals surface area contributed by atoms with Gasteiger partial charge in [-0.1, -0.05) is 12.1 Å². The van der Waals surface area contributed by atoms with Gasteiger partial charge in [-0.25, -0.2) is 0 Å². The van der Waals surface area contributed by atoms with Crippen LogP contribution < -0.4 is 16.0 Å². The number of ether oxygens (including phenoxy) is 1. The van der Waals surface area contributed by atoms with E-state index in [1.807, 2.05) is 18.2 Å². The van der Waals surface area contributed by atoms with Crippen LogP contribution in [-0.2, 0) is 27.4 Å². The molecule has 4 aliphatic heterocycles. The molecule has 2 atom stereocenters. The Morgan fingerprint density at radius 2 is 2.03 bits per heavy atom. The Morgan fingerprint density at radius 1 is 1.20 bits per heavy atom. The molecule has 8 heteroatoms. The Balaban J connectivity index is 1.19. The minimum absolute atomic E-state index is 0.122. The van der Waals surface area contributed by atoms with Gasteiger partial charge in [0.2, 0.25) is 11.8 Å². The molecule has 8 nitrogen and oxygen atoms in total. The van der Waals surface area contributed by atoms with Gasteiger partial charge in [0.05, 0.1) is 0 Å². The molecule has 3 saturated heterocycles. The second-order valence-electron chi connectivity index (χ2n) is 8.93. The predicted octanol–water partition coefficient (Wildman–Crippen LogP) is 0.306. The average molecular weight is 412 g/mol. The molecule has 0 aliphatic carbocycles. The number of nitrogens with one attached hydrogen (secondary N) is 3. The molecule has 3 fully saturated rings. The SMILES string of the molecule is O=C1CCC(N2Cc3ccc(CNCC4NCC45CCOCC5)cc3C2=O)C(=O)N1. The van der Waals surface area contributed by atoms with Crippen LogP contribution >= 0.6 is 0 Å². The van der Waals surface area contributed by atoms with Crippen molar-refractivity contribution in [3.8, 4) is 0 Å². The number of hydrogen-bond donors (Lipinski definition) is 3. The van der Waals surface area contributed by atoms with E-state index in [-0.39, 0.29) is 24.1 Å². The zero-order chi connectivity index (χ0) is 20.7. The number of hydrogen-bond acceptors (Lipinski definition) is 6. The number of piperidine rings is 1. The number of benzene rings is 1. The van der Waals surface area contributed by atoms with Crippen molar-refractivity contribution in [2.75, 3.05) is 26.3 Å². The van der Waals surface area contributed by atoms with Crippen LogP contribution in [0.15, 0.2) is 18.2 Å². The van der Waals surface area contributed by atoms with Crippen LogP contribution in [0.25, 0.3) is 0 Å². The molecule has 30 heavy (non-hydrogen) atoms. The van der Waals surface area contributed by atoms with Crippen LogP contribution in [0.1, 0.15) is 47.2 Å². The molecule has 0 radical (unpaired) electrons. The molecule has 5 rings (SSSR count). The molecule has 1 aromatic rings. The van der Waals surface area contributed by atoms with E-state index in [1.54, 1.807) is 4.90 Å². The standard InChI is InChI=1S/C22H28N4O4/c27-19-4-3-17(20(28)25-19)26-12-15-2-1-14(9-16(15)21(26)29)10-23-11-18-22(13-24-18)5-7-30-8-6-22/h1-2,9,17-18,23-24H,3-8,10-13H2,(H,25,27,28). The maximum absolute atomic E-state index is 12.9. The normalized spacial score (nSPS) is 27.7. The summed E-state index contributed by atoms with van der Waals surface area (Å²) in [5.74, 6) is -0.759. The summed E-state index contributed by atoms with van der Waals surface area (Å²) in [6, 6.07) is 5.88. The van der Waals surface area contributed by atoms with E-state index in [0.29, 0.717) is 36.5 Å². The molecule has 4 aliphatic rings. The van der Waals surface area contributed by atoms with Crippen molar-refractivity contribution in [1.82, 2.24) is 20.9 Å². The first-order valence-electron chi connectivity index (χ1n) is 10.8. The van der Waals surface area contributed by atoms with Gasteiger partial charge in [-0.2, -0.15) is 0 Å². The lowest BCUT2D eigenvalue weighted by atomic mass is 9.68. The fourth-order valence-electron chi connectivity index (χ4n) is 5.20. The van der Waals surface area contributed by atoms with Crippen molar-refractivity contribution in [2.24, 2.45) is 5.41 Å². The Hall–Kier alpha value is -2.29. The molecule has 3 N–H and O–H groups in total. The second-order valence-corrected chi connectivity index (χ2v) is 8.93. The smallest absolute Gasteiger partial charge is 0.255 e. The Morgan fingerprint density at radius 3 is 2.77 bits per heavy atom. The molecular weight excluding hydrogens is 384 g/mol. The first kappa shape index (κ1) is 19.7. The molecule has 3 amide bonds. The van der Waals surface area contributed by atoms with E-state index in [4.69, 9.17) is 4.74 Å². The molecule has 1 spiro atoms. The average Bonchev–Trinajstić information content (AvgIpc) is 3.07. The maximum atomic E-state index is 12.9. The van der Waals surface area contributed by atoms with Crippen LogP contribution in [0.5, 0.6) is 0 Å². The van der Waals surface area contributed by atoms with Gasteiger partial charge in [-0.05, 0) is 36.5 Å². The molecule has 2 unspecified atom stereocenters. The highest BCUT2D eigenvalue weighted by Gasteiger charge is 2.46. The van der Waals surface area contributed by atoms with Crippen LogP contribution in [0.2, 0.25) is 0 Å². The second kappa shape index (κ2) is 7.76. The fraction of sp³-hybridized carbons (Fsp3) is 0.591. The minimum Gasteiger partial charge on any atom is -0.381 e. The maximum Gasteiger partial charge on any atom is 0.255 e. The van der Waals surface area contributed by atoms with Gasteiger partial charge in [0.25, 0.3) is 5.91 Å². The zero-order valence-corrected chi connectivity index (χ0v) is 17.0. The van der Waals surface area contributed by atoms with Crippen LogP contribution in [-0.4, -0.2) is 61.0 Å². The summed E-state index contributed by atoms with van der Waals surface area (Å²) in [5.41, 5.74) is 3.05. The number of carbonyl (C=O) groups is 3. The largest absolute Gasteiger partial charge is 0.381 e. The Labute approximate surface area is 175 Å². The van der Waals surface area contributed by atoms with E-state index in [9.17, 15) is 14.4 Å². The number of imide groups is 1. The summed E-state index contributed by atoms with van der Waals surface area (Å²) in [7, 11) is 0. The summed E-state index contributed by atoms with van der Waals surface area (Å²) in [6.07, 6.45) is 2.90. The molecule has 4 heterocycles. The summed E-state index contributed by atoms with van der Waals surface area (Å²) >= 11 is 0. The predicted molar refractivity (Wildman–Crippen MR) is 108 cm³/mol. The van der Waals surface area contributed by atoms with Gasteiger partial charge in [-0.15, -0.1) is 0 Å². The number of amides is 3. The summed E-state index contributed by atoms with van der Waals surface area (Å²) < 4.78 is 5.51. The monoisotopic (exact) mass is 412 g/mol. The molecule has 160 valence electrons. The molecule has 1 aromatic carbocycles. The minimum atomic E-state index is -0.565. The van der Waals surface area contributed by atoms with Crippen molar-refractivity contribution in [3.63, 3.8) is 0 Å². The summed E-state index contributed by atoms with van der Waals surface area (Å²) in [6.45, 7) is 4.80. The van der Waals surface area contributed by atoms with Gasteiger partial charge < -0.3 is 20.3 Å². The highest BCUT2D eigenvalue weighted by molar-refractivity contribution is 6.05. The lowest BCUT2D eigenvalue weighted by molar-refractivity contribution is -0.136. The first-order valence-corrected chi connectivity index (χ1v) is 10.8. The lowest BCUT2D eigenvalue weighted by Crippen LogP contribution is -2.67. The first-order chi connectivity index (χ1) is 14.6. The number of rotatable bonds is 5. The quantitative estimate of drug-likeness (QED) is 0.602. The molecular formula is C22H28N4O4. The van der Waals surface area contributed by atoms with E-state index in [2.05, 4.69) is 16.0 Å². The highest BCUT2D eigenvalue weighted by Crippen LogP contribution is 2.39. The van der Waals surface area contributed by atoms with Gasteiger partial charge in [0.15, 0.2) is 0 Å². The molecule has 0 bridgehead atoms. The Bertz CT molecular complexity index is 880. The third kappa shape index (κ3) is 3.42. The third-order valence-corrected chi connectivity index (χ3v) is 7.20.